The summed E-state index contributed by atoms with van der Waals surface area (Å²) in [6.07, 6.45) is 2.12. The van der Waals surface area contributed by atoms with Gasteiger partial charge in [-0.25, -0.2) is 8.42 Å². The SMILES string of the molecule is CCCOCC(=O)C(N)CCS(C)(=O)=O. The molecule has 0 fully saturated rings. The zero-order valence-corrected chi connectivity index (χ0v) is 10.0. The lowest BCUT2D eigenvalue weighted by Crippen LogP contribution is -2.35. The van der Waals surface area contributed by atoms with Crippen molar-refractivity contribution in [3.63, 3.8) is 0 Å². The van der Waals surface area contributed by atoms with E-state index in [9.17, 15) is 13.2 Å². The van der Waals surface area contributed by atoms with Gasteiger partial charge in [0.15, 0.2) is 5.78 Å². The Bertz CT molecular complexity index is 286. The Morgan fingerprint density at radius 1 is 1.47 bits per heavy atom. The predicted molar refractivity (Wildman–Crippen MR) is 58.4 cm³/mol. The molecular weight excluding hydrogens is 218 g/mol. The van der Waals surface area contributed by atoms with Crippen LogP contribution in [-0.4, -0.2) is 45.5 Å². The fraction of sp³-hybridized carbons (Fsp3) is 0.889. The lowest BCUT2D eigenvalue weighted by Gasteiger charge is -2.09. The molecule has 0 aliphatic carbocycles. The van der Waals surface area contributed by atoms with Gasteiger partial charge in [0.1, 0.15) is 16.4 Å². The van der Waals surface area contributed by atoms with Crippen molar-refractivity contribution < 1.29 is 17.9 Å². The van der Waals surface area contributed by atoms with E-state index in [1.807, 2.05) is 6.92 Å². The van der Waals surface area contributed by atoms with Crippen molar-refractivity contribution in [2.45, 2.75) is 25.8 Å². The molecule has 0 spiro atoms. The number of ether oxygens (including phenoxy) is 1. The average molecular weight is 237 g/mol. The maximum absolute atomic E-state index is 11.3. The second-order valence-corrected chi connectivity index (χ2v) is 5.80. The van der Waals surface area contributed by atoms with Crippen molar-refractivity contribution in [1.82, 2.24) is 0 Å². The fourth-order valence-electron chi connectivity index (χ4n) is 0.926. The number of ketones is 1. The second-order valence-electron chi connectivity index (χ2n) is 3.54. The van der Waals surface area contributed by atoms with Crippen LogP contribution < -0.4 is 5.73 Å². The Morgan fingerprint density at radius 2 is 2.07 bits per heavy atom. The molecule has 0 saturated heterocycles. The highest BCUT2D eigenvalue weighted by Gasteiger charge is 2.15. The summed E-state index contributed by atoms with van der Waals surface area (Å²) in [5.41, 5.74) is 5.51. The third-order valence-electron chi connectivity index (χ3n) is 1.81. The van der Waals surface area contributed by atoms with Gasteiger partial charge in [0.2, 0.25) is 0 Å². The molecule has 0 amide bonds. The second kappa shape index (κ2) is 6.92. The van der Waals surface area contributed by atoms with Gasteiger partial charge < -0.3 is 10.5 Å². The fourth-order valence-corrected chi connectivity index (χ4v) is 1.61. The molecule has 1 unspecified atom stereocenters. The van der Waals surface area contributed by atoms with E-state index in [-0.39, 0.29) is 24.6 Å². The number of hydrogen-bond donors (Lipinski definition) is 1. The lowest BCUT2D eigenvalue weighted by atomic mass is 10.1. The van der Waals surface area contributed by atoms with Gasteiger partial charge in [0.05, 0.1) is 11.8 Å². The van der Waals surface area contributed by atoms with Gasteiger partial charge in [-0.05, 0) is 12.8 Å². The highest BCUT2D eigenvalue weighted by atomic mass is 32.2. The molecule has 1 atom stereocenters. The largest absolute Gasteiger partial charge is 0.374 e. The van der Waals surface area contributed by atoms with Crippen LogP contribution >= 0.6 is 0 Å². The summed E-state index contributed by atoms with van der Waals surface area (Å²) in [7, 11) is -3.05. The lowest BCUT2D eigenvalue weighted by molar-refractivity contribution is -0.124. The van der Waals surface area contributed by atoms with Gasteiger partial charge in [0.25, 0.3) is 0 Å². The van der Waals surface area contributed by atoms with Gasteiger partial charge in [-0.15, -0.1) is 0 Å². The monoisotopic (exact) mass is 237 g/mol. The van der Waals surface area contributed by atoms with Gasteiger partial charge in [0, 0.05) is 12.9 Å². The zero-order chi connectivity index (χ0) is 11.9. The van der Waals surface area contributed by atoms with Crippen LogP contribution in [0.25, 0.3) is 0 Å². The standard InChI is InChI=1S/C9H19NO4S/c1-3-5-14-7-9(11)8(10)4-6-15(2,12)13/h8H,3-7,10H2,1-2H3. The summed E-state index contributed by atoms with van der Waals surface area (Å²) in [6.45, 7) is 2.43. The third kappa shape index (κ3) is 8.53. The molecular formula is C9H19NO4S. The summed E-state index contributed by atoms with van der Waals surface area (Å²) in [4.78, 5) is 11.3. The van der Waals surface area contributed by atoms with Crippen LogP contribution in [0.1, 0.15) is 19.8 Å². The number of carbonyl (C=O) groups excluding carboxylic acids is 1. The van der Waals surface area contributed by atoms with Crippen LogP contribution in [0.2, 0.25) is 0 Å². The van der Waals surface area contributed by atoms with E-state index in [0.29, 0.717) is 6.61 Å². The quantitative estimate of drug-likeness (QED) is 0.588. The number of sulfone groups is 1. The summed E-state index contributed by atoms with van der Waals surface area (Å²) in [6, 6.07) is -0.739. The van der Waals surface area contributed by atoms with Crippen LogP contribution in [0, 0.1) is 0 Å². The molecule has 0 saturated carbocycles. The number of nitrogens with two attached hydrogens (primary N) is 1. The normalized spacial score (nSPS) is 13.8. The molecule has 0 aromatic carbocycles. The number of rotatable bonds is 8. The zero-order valence-electron chi connectivity index (χ0n) is 9.23. The third-order valence-corrected chi connectivity index (χ3v) is 2.78. The van der Waals surface area contributed by atoms with Gasteiger partial charge >= 0.3 is 0 Å². The Morgan fingerprint density at radius 3 is 2.53 bits per heavy atom. The van der Waals surface area contributed by atoms with Crippen molar-refractivity contribution in [2.24, 2.45) is 5.73 Å². The molecule has 0 aliphatic heterocycles. The molecule has 90 valence electrons. The van der Waals surface area contributed by atoms with Crippen molar-refractivity contribution in [2.75, 3.05) is 25.2 Å². The molecule has 0 heterocycles. The van der Waals surface area contributed by atoms with Gasteiger partial charge in [-0.2, -0.15) is 0 Å². The van der Waals surface area contributed by atoms with E-state index >= 15 is 0 Å². The minimum atomic E-state index is -3.05. The molecule has 15 heavy (non-hydrogen) atoms. The van der Waals surface area contributed by atoms with Crippen molar-refractivity contribution in [3.05, 3.63) is 0 Å². The Kier molecular flexibility index (Phi) is 6.71. The van der Waals surface area contributed by atoms with E-state index in [1.54, 1.807) is 0 Å². The first-order chi connectivity index (χ1) is 6.87. The number of hydrogen-bond acceptors (Lipinski definition) is 5. The molecule has 0 bridgehead atoms. The molecule has 0 aromatic heterocycles. The summed E-state index contributed by atoms with van der Waals surface area (Å²) in [5, 5.41) is 0. The van der Waals surface area contributed by atoms with E-state index in [4.69, 9.17) is 10.5 Å². The molecule has 2 N–H and O–H groups in total. The van der Waals surface area contributed by atoms with Crippen LogP contribution in [0.4, 0.5) is 0 Å². The van der Waals surface area contributed by atoms with Crippen LogP contribution in [0.15, 0.2) is 0 Å². The van der Waals surface area contributed by atoms with Crippen LogP contribution in [0.5, 0.6) is 0 Å². The molecule has 0 rings (SSSR count). The first kappa shape index (κ1) is 14.5. The minimum Gasteiger partial charge on any atom is -0.374 e. The Labute approximate surface area is 90.9 Å². The number of carbonyl (C=O) groups is 1. The maximum Gasteiger partial charge on any atom is 0.175 e. The number of Topliss-reactive ketones (excluding diaryl/α,β-unsaturated/α-hetero) is 1. The van der Waals surface area contributed by atoms with Crippen LogP contribution in [0.3, 0.4) is 0 Å². The van der Waals surface area contributed by atoms with E-state index in [2.05, 4.69) is 0 Å². The van der Waals surface area contributed by atoms with Gasteiger partial charge in [-0.3, -0.25) is 4.79 Å². The summed E-state index contributed by atoms with van der Waals surface area (Å²) < 4.78 is 26.7. The van der Waals surface area contributed by atoms with E-state index in [1.165, 1.54) is 0 Å². The van der Waals surface area contributed by atoms with E-state index < -0.39 is 15.9 Å². The molecule has 5 nitrogen and oxygen atoms in total. The maximum atomic E-state index is 11.3. The summed E-state index contributed by atoms with van der Waals surface area (Å²) in [5.74, 6) is -0.305. The predicted octanol–water partition coefficient (Wildman–Crippen LogP) is -0.256. The Hall–Kier alpha value is -0.460. The van der Waals surface area contributed by atoms with E-state index in [0.717, 1.165) is 12.7 Å². The molecule has 6 heteroatoms. The average Bonchev–Trinajstić information content (AvgIpc) is 2.13. The minimum absolute atomic E-state index is 0.0290. The van der Waals surface area contributed by atoms with Crippen LogP contribution in [-0.2, 0) is 19.4 Å². The summed E-state index contributed by atoms with van der Waals surface area (Å²) >= 11 is 0. The van der Waals surface area contributed by atoms with Crippen molar-refractivity contribution in [1.29, 1.82) is 0 Å². The first-order valence-corrected chi connectivity index (χ1v) is 6.96. The first-order valence-electron chi connectivity index (χ1n) is 4.90. The highest BCUT2D eigenvalue weighted by Crippen LogP contribution is 1.96. The van der Waals surface area contributed by atoms with Crippen molar-refractivity contribution in [3.8, 4) is 0 Å². The Balaban J connectivity index is 3.79. The van der Waals surface area contributed by atoms with Crippen molar-refractivity contribution >= 4 is 15.6 Å². The molecule has 0 radical (unpaired) electrons. The molecule has 0 aromatic rings. The topological polar surface area (TPSA) is 86.5 Å². The van der Waals surface area contributed by atoms with Gasteiger partial charge in [-0.1, -0.05) is 6.92 Å². The molecule has 0 aliphatic rings. The smallest absolute Gasteiger partial charge is 0.175 e. The highest BCUT2D eigenvalue weighted by molar-refractivity contribution is 7.90.